The molecule has 0 radical (unpaired) electrons. The molecule has 1 aromatic carbocycles. The van der Waals surface area contributed by atoms with E-state index in [9.17, 15) is 9.59 Å². The van der Waals surface area contributed by atoms with Crippen LogP contribution < -0.4 is 11.1 Å². The number of benzene rings is 1. The summed E-state index contributed by atoms with van der Waals surface area (Å²) < 4.78 is 0. The Labute approximate surface area is 106 Å². The molecule has 0 aromatic heterocycles. The highest BCUT2D eigenvalue weighted by Gasteiger charge is 2.40. The zero-order valence-corrected chi connectivity index (χ0v) is 10.6. The molecule has 18 heavy (non-hydrogen) atoms. The second-order valence-electron chi connectivity index (χ2n) is 4.86. The van der Waals surface area contributed by atoms with Gasteiger partial charge in [-0.2, -0.15) is 0 Å². The van der Waals surface area contributed by atoms with Crippen molar-refractivity contribution in [2.45, 2.75) is 19.4 Å². The third kappa shape index (κ3) is 1.92. The van der Waals surface area contributed by atoms with Crippen molar-refractivity contribution in [3.8, 4) is 0 Å². The maximum Gasteiger partial charge on any atom is 0.256 e. The summed E-state index contributed by atoms with van der Waals surface area (Å²) in [5.74, 6) is -0.343. The van der Waals surface area contributed by atoms with E-state index < -0.39 is 5.54 Å². The second kappa shape index (κ2) is 4.33. The van der Waals surface area contributed by atoms with Crippen LogP contribution in [-0.2, 0) is 4.79 Å². The summed E-state index contributed by atoms with van der Waals surface area (Å²) in [7, 11) is 0. The quantitative estimate of drug-likeness (QED) is 0.714. The number of anilines is 1. The molecule has 5 heteroatoms. The van der Waals surface area contributed by atoms with E-state index in [4.69, 9.17) is 5.73 Å². The summed E-state index contributed by atoms with van der Waals surface area (Å²) in [5.41, 5.74) is 5.83. The first-order valence-electron chi connectivity index (χ1n) is 5.89. The van der Waals surface area contributed by atoms with Crippen LogP contribution in [0.15, 0.2) is 24.3 Å². The first-order valence-corrected chi connectivity index (χ1v) is 5.89. The van der Waals surface area contributed by atoms with Crippen molar-refractivity contribution in [2.75, 3.05) is 18.8 Å². The Balaban J connectivity index is 2.34. The van der Waals surface area contributed by atoms with E-state index in [1.807, 2.05) is 0 Å². The van der Waals surface area contributed by atoms with Gasteiger partial charge in [0.25, 0.3) is 5.91 Å². The average molecular weight is 247 g/mol. The van der Waals surface area contributed by atoms with Crippen LogP contribution in [0.5, 0.6) is 0 Å². The molecule has 3 N–H and O–H groups in total. The maximum absolute atomic E-state index is 12.4. The molecule has 5 nitrogen and oxygen atoms in total. The summed E-state index contributed by atoms with van der Waals surface area (Å²) >= 11 is 0. The Morgan fingerprint density at radius 2 is 2.06 bits per heavy atom. The van der Waals surface area contributed by atoms with Crippen molar-refractivity contribution >= 4 is 17.5 Å². The van der Waals surface area contributed by atoms with E-state index in [1.54, 1.807) is 43.0 Å². The molecule has 1 aliphatic heterocycles. The predicted molar refractivity (Wildman–Crippen MR) is 69.0 cm³/mol. The second-order valence-corrected chi connectivity index (χ2v) is 4.86. The predicted octanol–water partition coefficient (Wildman–Crippen LogP) is 0.619. The molecule has 0 unspecified atom stereocenters. The van der Waals surface area contributed by atoms with Crippen LogP contribution in [-0.4, -0.2) is 35.3 Å². The first kappa shape index (κ1) is 12.4. The van der Waals surface area contributed by atoms with E-state index in [0.717, 1.165) is 0 Å². The van der Waals surface area contributed by atoms with Gasteiger partial charge in [0.1, 0.15) is 5.54 Å². The molecular formula is C13H17N3O2. The van der Waals surface area contributed by atoms with Crippen molar-refractivity contribution in [1.29, 1.82) is 0 Å². The van der Waals surface area contributed by atoms with Crippen LogP contribution in [0.25, 0.3) is 0 Å². The van der Waals surface area contributed by atoms with Crippen molar-refractivity contribution in [3.05, 3.63) is 29.8 Å². The van der Waals surface area contributed by atoms with Gasteiger partial charge in [-0.05, 0) is 26.0 Å². The number of carbonyl (C=O) groups excluding carboxylic acids is 2. The SMILES string of the molecule is CC1(C)C(=O)NCCN1C(=O)c1ccccc1N. The Hall–Kier alpha value is -2.04. The molecule has 2 amide bonds. The number of piperazine rings is 1. The van der Waals surface area contributed by atoms with E-state index >= 15 is 0 Å². The van der Waals surface area contributed by atoms with Gasteiger partial charge in [-0.15, -0.1) is 0 Å². The number of rotatable bonds is 1. The third-order valence-electron chi connectivity index (χ3n) is 3.29. The lowest BCUT2D eigenvalue weighted by atomic mass is 9.97. The number of nitrogens with one attached hydrogen (secondary N) is 1. The van der Waals surface area contributed by atoms with Gasteiger partial charge >= 0.3 is 0 Å². The van der Waals surface area contributed by atoms with Gasteiger partial charge < -0.3 is 16.0 Å². The summed E-state index contributed by atoms with van der Waals surface area (Å²) in [4.78, 5) is 25.8. The van der Waals surface area contributed by atoms with Crippen LogP contribution in [0.1, 0.15) is 24.2 Å². The van der Waals surface area contributed by atoms with Gasteiger partial charge in [0.15, 0.2) is 0 Å². The molecule has 96 valence electrons. The highest BCUT2D eigenvalue weighted by molar-refractivity contribution is 6.02. The molecule has 0 saturated carbocycles. The van der Waals surface area contributed by atoms with Gasteiger partial charge in [0, 0.05) is 18.8 Å². The average Bonchev–Trinajstić information content (AvgIpc) is 2.32. The standard InChI is InChI=1S/C13H17N3O2/c1-13(2)12(18)15-7-8-16(13)11(17)9-5-3-4-6-10(9)14/h3-6H,7-8,14H2,1-2H3,(H,15,18). The lowest BCUT2D eigenvalue weighted by Gasteiger charge is -2.41. The Morgan fingerprint density at radius 1 is 1.39 bits per heavy atom. The fourth-order valence-electron chi connectivity index (χ4n) is 2.09. The first-order chi connectivity index (χ1) is 8.44. The largest absolute Gasteiger partial charge is 0.398 e. The molecule has 1 aliphatic rings. The van der Waals surface area contributed by atoms with Crippen molar-refractivity contribution in [3.63, 3.8) is 0 Å². The van der Waals surface area contributed by atoms with Gasteiger partial charge in [-0.25, -0.2) is 0 Å². The minimum Gasteiger partial charge on any atom is -0.398 e. The molecule has 2 rings (SSSR count). The van der Waals surface area contributed by atoms with Crippen LogP contribution in [0, 0.1) is 0 Å². The number of nitrogens with two attached hydrogens (primary N) is 1. The fraction of sp³-hybridized carbons (Fsp3) is 0.385. The molecule has 0 bridgehead atoms. The molecule has 0 aliphatic carbocycles. The molecule has 0 spiro atoms. The van der Waals surface area contributed by atoms with E-state index in [1.165, 1.54) is 0 Å². The van der Waals surface area contributed by atoms with Gasteiger partial charge in [-0.3, -0.25) is 9.59 Å². The molecule has 1 saturated heterocycles. The maximum atomic E-state index is 12.4. The zero-order valence-electron chi connectivity index (χ0n) is 10.6. The summed E-state index contributed by atoms with van der Waals surface area (Å²) in [6.45, 7) is 4.43. The van der Waals surface area contributed by atoms with Gasteiger partial charge in [-0.1, -0.05) is 12.1 Å². The summed E-state index contributed by atoms with van der Waals surface area (Å²) in [5, 5.41) is 2.76. The molecule has 1 fully saturated rings. The number of carbonyl (C=O) groups is 2. The van der Waals surface area contributed by atoms with Crippen molar-refractivity contribution in [1.82, 2.24) is 10.2 Å². The number of para-hydroxylation sites is 1. The van der Waals surface area contributed by atoms with Crippen LogP contribution in [0.2, 0.25) is 0 Å². The smallest absolute Gasteiger partial charge is 0.256 e. The number of hydrogen-bond donors (Lipinski definition) is 2. The van der Waals surface area contributed by atoms with E-state index in [0.29, 0.717) is 24.3 Å². The zero-order chi connectivity index (χ0) is 13.3. The number of nitrogen functional groups attached to an aromatic ring is 1. The molecule has 0 atom stereocenters. The van der Waals surface area contributed by atoms with Crippen LogP contribution in [0.4, 0.5) is 5.69 Å². The van der Waals surface area contributed by atoms with Crippen LogP contribution in [0.3, 0.4) is 0 Å². The van der Waals surface area contributed by atoms with Gasteiger partial charge in [0.2, 0.25) is 5.91 Å². The normalized spacial score (nSPS) is 18.3. The third-order valence-corrected chi connectivity index (χ3v) is 3.29. The lowest BCUT2D eigenvalue weighted by molar-refractivity contribution is -0.133. The monoisotopic (exact) mass is 247 g/mol. The topological polar surface area (TPSA) is 75.4 Å². The molecule has 1 heterocycles. The summed E-state index contributed by atoms with van der Waals surface area (Å²) in [6.07, 6.45) is 0. The van der Waals surface area contributed by atoms with E-state index in [2.05, 4.69) is 5.32 Å². The molecular weight excluding hydrogens is 230 g/mol. The highest BCUT2D eigenvalue weighted by Crippen LogP contribution is 2.22. The van der Waals surface area contributed by atoms with Crippen molar-refractivity contribution in [2.24, 2.45) is 0 Å². The van der Waals surface area contributed by atoms with Crippen molar-refractivity contribution < 1.29 is 9.59 Å². The highest BCUT2D eigenvalue weighted by atomic mass is 16.2. The summed E-state index contributed by atoms with van der Waals surface area (Å²) in [6, 6.07) is 6.91. The Morgan fingerprint density at radius 3 is 2.72 bits per heavy atom. The minimum absolute atomic E-state index is 0.142. The van der Waals surface area contributed by atoms with Crippen LogP contribution >= 0.6 is 0 Å². The minimum atomic E-state index is -0.850. The Kier molecular flexibility index (Phi) is 2.98. The number of hydrogen-bond acceptors (Lipinski definition) is 3. The van der Waals surface area contributed by atoms with Gasteiger partial charge in [0.05, 0.1) is 5.56 Å². The Bertz CT molecular complexity index is 497. The molecule has 1 aromatic rings. The fourth-order valence-corrected chi connectivity index (χ4v) is 2.09. The number of nitrogens with zero attached hydrogens (tertiary/aromatic N) is 1. The van der Waals surface area contributed by atoms with E-state index in [-0.39, 0.29) is 11.8 Å². The lowest BCUT2D eigenvalue weighted by Crippen LogP contribution is -2.63. The number of amides is 2.